The van der Waals surface area contributed by atoms with E-state index in [2.05, 4.69) is 6.58 Å². The highest BCUT2D eigenvalue weighted by molar-refractivity contribution is 5.15. The molecule has 0 aliphatic carbocycles. The van der Waals surface area contributed by atoms with Gasteiger partial charge in [0.25, 0.3) is 0 Å². The van der Waals surface area contributed by atoms with Crippen molar-refractivity contribution in [3.8, 4) is 0 Å². The van der Waals surface area contributed by atoms with Gasteiger partial charge in [-0.05, 0) is 16.7 Å². The first-order valence-electron chi connectivity index (χ1n) is 10.5. The lowest BCUT2D eigenvalue weighted by atomic mass is 10.1. The van der Waals surface area contributed by atoms with Crippen molar-refractivity contribution in [2.24, 2.45) is 0 Å². The molecular formula is C27H30O4. The van der Waals surface area contributed by atoms with Gasteiger partial charge < -0.3 is 19.3 Å². The minimum atomic E-state index is -0.869. The van der Waals surface area contributed by atoms with Crippen LogP contribution in [0.25, 0.3) is 0 Å². The Balaban J connectivity index is 1.62. The molecule has 0 aliphatic rings. The second-order valence-electron chi connectivity index (χ2n) is 7.33. The molecule has 0 bridgehead atoms. The van der Waals surface area contributed by atoms with E-state index in [1.54, 1.807) is 6.08 Å². The zero-order chi connectivity index (χ0) is 21.7. The summed E-state index contributed by atoms with van der Waals surface area (Å²) in [5.41, 5.74) is 3.12. The van der Waals surface area contributed by atoms with Crippen LogP contribution in [0.4, 0.5) is 0 Å². The fourth-order valence-corrected chi connectivity index (χ4v) is 3.22. The Hall–Kier alpha value is -2.76. The topological polar surface area (TPSA) is 47.9 Å². The number of benzene rings is 3. The van der Waals surface area contributed by atoms with Gasteiger partial charge in [0.15, 0.2) is 0 Å². The normalized spacial score (nSPS) is 14.0. The van der Waals surface area contributed by atoms with Gasteiger partial charge >= 0.3 is 0 Å². The predicted molar refractivity (Wildman–Crippen MR) is 122 cm³/mol. The highest BCUT2D eigenvalue weighted by Gasteiger charge is 2.28. The first-order chi connectivity index (χ1) is 15.3. The van der Waals surface area contributed by atoms with E-state index in [-0.39, 0.29) is 6.61 Å². The maximum Gasteiger partial charge on any atom is 0.116 e. The van der Waals surface area contributed by atoms with E-state index < -0.39 is 18.3 Å². The molecule has 0 aliphatic heterocycles. The largest absolute Gasteiger partial charge is 0.388 e. The molecule has 0 spiro atoms. The van der Waals surface area contributed by atoms with E-state index in [0.717, 1.165) is 16.7 Å². The van der Waals surface area contributed by atoms with Crippen LogP contribution >= 0.6 is 0 Å². The van der Waals surface area contributed by atoms with Crippen molar-refractivity contribution in [3.05, 3.63) is 120 Å². The highest BCUT2D eigenvalue weighted by atomic mass is 16.6. The molecule has 0 heterocycles. The third-order valence-corrected chi connectivity index (χ3v) is 4.91. The molecule has 4 heteroatoms. The first-order valence-corrected chi connectivity index (χ1v) is 10.5. The molecule has 0 aromatic heterocycles. The molecule has 0 saturated carbocycles. The van der Waals surface area contributed by atoms with E-state index in [9.17, 15) is 5.11 Å². The summed E-state index contributed by atoms with van der Waals surface area (Å²) in [5, 5.41) is 10.9. The fraction of sp³-hybridized carbons (Fsp3) is 0.259. The Kier molecular flexibility index (Phi) is 9.48. The standard InChI is InChI=1S/C27H30O4/c1-2-26(30-19-23-14-8-4-9-15-23)27(31-20-24-16-10-5-11-17-24)25(28)21-29-18-22-12-6-3-7-13-22/h2-17,25-28H,1,18-21H2/t25?,26?,27-/m1/s1. The Morgan fingerprint density at radius 1 is 0.677 bits per heavy atom. The van der Waals surface area contributed by atoms with Gasteiger partial charge in [0.2, 0.25) is 0 Å². The van der Waals surface area contributed by atoms with Crippen molar-refractivity contribution in [3.63, 3.8) is 0 Å². The van der Waals surface area contributed by atoms with E-state index in [4.69, 9.17) is 14.2 Å². The van der Waals surface area contributed by atoms with Crippen LogP contribution in [0.15, 0.2) is 104 Å². The molecule has 3 aromatic rings. The van der Waals surface area contributed by atoms with Crippen molar-refractivity contribution in [1.82, 2.24) is 0 Å². The SMILES string of the molecule is C=CC(OCc1ccccc1)[C@H](OCc1ccccc1)C(O)COCc1ccccc1. The second kappa shape index (κ2) is 12.8. The Labute approximate surface area is 184 Å². The molecule has 3 rings (SSSR count). The average molecular weight is 419 g/mol. The fourth-order valence-electron chi connectivity index (χ4n) is 3.22. The van der Waals surface area contributed by atoms with Crippen LogP contribution < -0.4 is 0 Å². The molecule has 162 valence electrons. The highest BCUT2D eigenvalue weighted by Crippen LogP contribution is 2.17. The number of hydrogen-bond acceptors (Lipinski definition) is 4. The first kappa shape index (κ1) is 22.9. The molecule has 31 heavy (non-hydrogen) atoms. The number of aliphatic hydroxyl groups is 1. The predicted octanol–water partition coefficient (Wildman–Crippen LogP) is 4.92. The monoisotopic (exact) mass is 418 g/mol. The van der Waals surface area contributed by atoms with Crippen LogP contribution in [-0.2, 0) is 34.0 Å². The molecule has 0 fully saturated rings. The number of aliphatic hydroxyl groups excluding tert-OH is 1. The van der Waals surface area contributed by atoms with Gasteiger partial charge in [-0.15, -0.1) is 6.58 Å². The number of ether oxygens (including phenoxy) is 3. The summed E-state index contributed by atoms with van der Waals surface area (Å²) in [7, 11) is 0. The quantitative estimate of drug-likeness (QED) is 0.400. The van der Waals surface area contributed by atoms with Gasteiger partial charge in [-0.1, -0.05) is 97.1 Å². The molecule has 0 amide bonds. The van der Waals surface area contributed by atoms with E-state index in [1.165, 1.54) is 0 Å². The third-order valence-electron chi connectivity index (χ3n) is 4.91. The average Bonchev–Trinajstić information content (AvgIpc) is 2.83. The van der Waals surface area contributed by atoms with Gasteiger partial charge in [-0.2, -0.15) is 0 Å². The van der Waals surface area contributed by atoms with Crippen molar-refractivity contribution in [1.29, 1.82) is 0 Å². The van der Waals surface area contributed by atoms with Crippen molar-refractivity contribution >= 4 is 0 Å². The molecular weight excluding hydrogens is 388 g/mol. The van der Waals surface area contributed by atoms with Crippen LogP contribution in [0.3, 0.4) is 0 Å². The minimum absolute atomic E-state index is 0.132. The molecule has 1 N–H and O–H groups in total. The van der Waals surface area contributed by atoms with Crippen molar-refractivity contribution in [2.45, 2.75) is 38.1 Å². The van der Waals surface area contributed by atoms with Crippen LogP contribution in [-0.4, -0.2) is 30.0 Å². The summed E-state index contributed by atoms with van der Waals surface area (Å²) < 4.78 is 17.9. The van der Waals surface area contributed by atoms with Crippen molar-refractivity contribution in [2.75, 3.05) is 6.61 Å². The lowest BCUT2D eigenvalue weighted by Crippen LogP contribution is -2.42. The molecule has 3 atom stereocenters. The summed E-state index contributed by atoms with van der Waals surface area (Å²) in [5.74, 6) is 0. The van der Waals surface area contributed by atoms with Gasteiger partial charge in [0.1, 0.15) is 18.3 Å². The van der Waals surface area contributed by atoms with E-state index in [1.807, 2.05) is 91.0 Å². The summed E-state index contributed by atoms with van der Waals surface area (Å²) in [4.78, 5) is 0. The molecule has 0 radical (unpaired) electrons. The summed E-state index contributed by atoms with van der Waals surface area (Å²) in [6.45, 7) is 5.22. The van der Waals surface area contributed by atoms with Gasteiger partial charge in [-0.25, -0.2) is 0 Å². The van der Waals surface area contributed by atoms with E-state index in [0.29, 0.717) is 19.8 Å². The smallest absolute Gasteiger partial charge is 0.116 e. The summed E-state index contributed by atoms with van der Waals surface area (Å²) >= 11 is 0. The molecule has 0 saturated heterocycles. The zero-order valence-electron chi connectivity index (χ0n) is 17.7. The second-order valence-corrected chi connectivity index (χ2v) is 7.33. The molecule has 3 aromatic carbocycles. The maximum atomic E-state index is 10.9. The third kappa shape index (κ3) is 7.78. The van der Waals surface area contributed by atoms with Gasteiger partial charge in [0, 0.05) is 0 Å². The van der Waals surface area contributed by atoms with Crippen LogP contribution in [0, 0.1) is 0 Å². The lowest BCUT2D eigenvalue weighted by molar-refractivity contribution is -0.133. The van der Waals surface area contributed by atoms with Crippen molar-refractivity contribution < 1.29 is 19.3 Å². The number of rotatable bonds is 13. The van der Waals surface area contributed by atoms with Gasteiger partial charge in [0.05, 0.1) is 26.4 Å². The molecule has 4 nitrogen and oxygen atoms in total. The Morgan fingerprint density at radius 2 is 1.13 bits per heavy atom. The zero-order valence-corrected chi connectivity index (χ0v) is 17.7. The maximum absolute atomic E-state index is 10.9. The van der Waals surface area contributed by atoms with Crippen LogP contribution in [0.5, 0.6) is 0 Å². The van der Waals surface area contributed by atoms with Gasteiger partial charge in [-0.3, -0.25) is 0 Å². The van der Waals surface area contributed by atoms with E-state index >= 15 is 0 Å². The Bertz CT molecular complexity index is 868. The minimum Gasteiger partial charge on any atom is -0.388 e. The summed E-state index contributed by atoms with van der Waals surface area (Å²) in [6.07, 6.45) is -0.290. The number of hydrogen-bond donors (Lipinski definition) is 1. The van der Waals surface area contributed by atoms with Crippen LogP contribution in [0.1, 0.15) is 16.7 Å². The lowest BCUT2D eigenvalue weighted by Gasteiger charge is -2.29. The summed E-state index contributed by atoms with van der Waals surface area (Å²) in [6, 6.07) is 29.6. The Morgan fingerprint density at radius 3 is 1.61 bits per heavy atom. The molecule has 2 unspecified atom stereocenters. The van der Waals surface area contributed by atoms with Crippen LogP contribution in [0.2, 0.25) is 0 Å².